The van der Waals surface area contributed by atoms with Crippen molar-refractivity contribution in [3.05, 3.63) is 12.7 Å². The SMILES string of the molecule is C=CCCCC(CC)NC. The Bertz CT molecular complexity index is 74.8. The van der Waals surface area contributed by atoms with Crippen LogP contribution in [0.2, 0.25) is 0 Å². The quantitative estimate of drug-likeness (QED) is 0.442. The van der Waals surface area contributed by atoms with E-state index < -0.39 is 0 Å². The Hall–Kier alpha value is -0.300. The van der Waals surface area contributed by atoms with Gasteiger partial charge < -0.3 is 5.32 Å². The van der Waals surface area contributed by atoms with E-state index in [-0.39, 0.29) is 0 Å². The van der Waals surface area contributed by atoms with E-state index in [4.69, 9.17) is 0 Å². The highest BCUT2D eigenvalue weighted by atomic mass is 14.9. The Balaban J connectivity index is 3.16. The molecule has 0 aromatic heterocycles. The molecule has 0 aromatic carbocycles. The van der Waals surface area contributed by atoms with Crippen LogP contribution in [0.5, 0.6) is 0 Å². The molecule has 1 N–H and O–H groups in total. The molecule has 0 aliphatic carbocycles. The van der Waals surface area contributed by atoms with Gasteiger partial charge in [-0.2, -0.15) is 0 Å². The van der Waals surface area contributed by atoms with Crippen LogP contribution in [0.4, 0.5) is 0 Å². The fraction of sp³-hybridized carbons (Fsp3) is 0.778. The Labute approximate surface area is 64.5 Å². The molecule has 60 valence electrons. The first-order valence-corrected chi connectivity index (χ1v) is 4.13. The Morgan fingerprint density at radius 3 is 2.70 bits per heavy atom. The second kappa shape index (κ2) is 6.81. The zero-order valence-electron chi connectivity index (χ0n) is 7.19. The number of unbranched alkanes of at least 4 members (excludes halogenated alkanes) is 1. The number of hydrogen-bond acceptors (Lipinski definition) is 1. The lowest BCUT2D eigenvalue weighted by molar-refractivity contribution is 0.494. The molecule has 0 bridgehead atoms. The van der Waals surface area contributed by atoms with E-state index >= 15 is 0 Å². The lowest BCUT2D eigenvalue weighted by Crippen LogP contribution is -2.23. The molecule has 0 spiro atoms. The normalized spacial score (nSPS) is 13.0. The summed E-state index contributed by atoms with van der Waals surface area (Å²) in [6.07, 6.45) is 6.91. The van der Waals surface area contributed by atoms with E-state index in [1.165, 1.54) is 19.3 Å². The largest absolute Gasteiger partial charge is 0.317 e. The maximum Gasteiger partial charge on any atom is 0.00615 e. The topological polar surface area (TPSA) is 12.0 Å². The maximum absolute atomic E-state index is 3.69. The second-order valence-corrected chi connectivity index (χ2v) is 2.61. The number of rotatable bonds is 6. The fourth-order valence-electron chi connectivity index (χ4n) is 1.06. The van der Waals surface area contributed by atoms with Crippen molar-refractivity contribution >= 4 is 0 Å². The monoisotopic (exact) mass is 141 g/mol. The van der Waals surface area contributed by atoms with Crippen molar-refractivity contribution in [3.8, 4) is 0 Å². The molecule has 0 aromatic rings. The molecule has 0 aliphatic heterocycles. The Kier molecular flexibility index (Phi) is 6.61. The average Bonchev–Trinajstić information content (AvgIpc) is 1.99. The van der Waals surface area contributed by atoms with Crippen LogP contribution in [-0.2, 0) is 0 Å². The lowest BCUT2D eigenvalue weighted by Gasteiger charge is -2.11. The molecule has 0 heterocycles. The molecule has 1 unspecified atom stereocenters. The third-order valence-corrected chi connectivity index (χ3v) is 1.86. The number of allylic oxidation sites excluding steroid dienone is 1. The Morgan fingerprint density at radius 1 is 1.60 bits per heavy atom. The average molecular weight is 141 g/mol. The first kappa shape index (κ1) is 9.70. The molecule has 0 rings (SSSR count). The highest BCUT2D eigenvalue weighted by Crippen LogP contribution is 2.03. The summed E-state index contributed by atoms with van der Waals surface area (Å²) in [6, 6.07) is 0.708. The molecule has 1 heteroatoms. The van der Waals surface area contributed by atoms with E-state index in [0.29, 0.717) is 6.04 Å². The van der Waals surface area contributed by atoms with Crippen molar-refractivity contribution in [2.24, 2.45) is 0 Å². The van der Waals surface area contributed by atoms with Crippen molar-refractivity contribution in [2.45, 2.75) is 38.6 Å². The summed E-state index contributed by atoms with van der Waals surface area (Å²) in [5, 5.41) is 3.28. The van der Waals surface area contributed by atoms with Gasteiger partial charge in [-0.05, 0) is 32.7 Å². The van der Waals surface area contributed by atoms with Gasteiger partial charge in [0.15, 0.2) is 0 Å². The molecular weight excluding hydrogens is 122 g/mol. The summed E-state index contributed by atoms with van der Waals surface area (Å²) in [7, 11) is 2.03. The molecule has 0 fully saturated rings. The molecule has 10 heavy (non-hydrogen) atoms. The number of nitrogens with one attached hydrogen (secondary N) is 1. The van der Waals surface area contributed by atoms with Crippen LogP contribution in [-0.4, -0.2) is 13.1 Å². The molecule has 0 saturated carbocycles. The highest BCUT2D eigenvalue weighted by Gasteiger charge is 1.99. The van der Waals surface area contributed by atoms with Crippen LogP contribution in [0.3, 0.4) is 0 Å². The lowest BCUT2D eigenvalue weighted by atomic mass is 10.1. The first-order chi connectivity index (χ1) is 4.85. The summed E-state index contributed by atoms with van der Waals surface area (Å²) in [4.78, 5) is 0. The van der Waals surface area contributed by atoms with Gasteiger partial charge in [0, 0.05) is 6.04 Å². The van der Waals surface area contributed by atoms with Crippen molar-refractivity contribution in [1.29, 1.82) is 0 Å². The molecular formula is C9H19N. The standard InChI is InChI=1S/C9H19N/c1-4-6-7-8-9(5-2)10-3/h4,9-10H,1,5-8H2,2-3H3. The summed E-state index contributed by atoms with van der Waals surface area (Å²) in [5.74, 6) is 0. The van der Waals surface area contributed by atoms with E-state index in [9.17, 15) is 0 Å². The van der Waals surface area contributed by atoms with Gasteiger partial charge in [-0.1, -0.05) is 13.0 Å². The van der Waals surface area contributed by atoms with Gasteiger partial charge in [-0.25, -0.2) is 0 Å². The molecule has 0 saturated heterocycles. The summed E-state index contributed by atoms with van der Waals surface area (Å²) >= 11 is 0. The van der Waals surface area contributed by atoms with Gasteiger partial charge in [-0.3, -0.25) is 0 Å². The van der Waals surface area contributed by atoms with Crippen LogP contribution < -0.4 is 5.32 Å². The zero-order valence-corrected chi connectivity index (χ0v) is 7.19. The van der Waals surface area contributed by atoms with E-state index in [1.54, 1.807) is 0 Å². The van der Waals surface area contributed by atoms with Gasteiger partial charge in [0.2, 0.25) is 0 Å². The summed E-state index contributed by atoms with van der Waals surface area (Å²) < 4.78 is 0. The third kappa shape index (κ3) is 4.57. The minimum absolute atomic E-state index is 0.708. The predicted octanol–water partition coefficient (Wildman–Crippen LogP) is 2.34. The smallest absolute Gasteiger partial charge is 0.00615 e. The third-order valence-electron chi connectivity index (χ3n) is 1.86. The van der Waals surface area contributed by atoms with Gasteiger partial charge in [0.05, 0.1) is 0 Å². The first-order valence-electron chi connectivity index (χ1n) is 4.13. The van der Waals surface area contributed by atoms with Crippen LogP contribution in [0, 0.1) is 0 Å². The van der Waals surface area contributed by atoms with Crippen molar-refractivity contribution in [1.82, 2.24) is 5.32 Å². The fourth-order valence-corrected chi connectivity index (χ4v) is 1.06. The van der Waals surface area contributed by atoms with Crippen molar-refractivity contribution in [3.63, 3.8) is 0 Å². The van der Waals surface area contributed by atoms with Gasteiger partial charge >= 0.3 is 0 Å². The minimum Gasteiger partial charge on any atom is -0.317 e. The molecule has 1 atom stereocenters. The van der Waals surface area contributed by atoms with Crippen LogP contribution in [0.25, 0.3) is 0 Å². The zero-order chi connectivity index (χ0) is 7.82. The van der Waals surface area contributed by atoms with Crippen molar-refractivity contribution < 1.29 is 0 Å². The van der Waals surface area contributed by atoms with Crippen LogP contribution in [0.15, 0.2) is 12.7 Å². The van der Waals surface area contributed by atoms with Gasteiger partial charge in [0.1, 0.15) is 0 Å². The van der Waals surface area contributed by atoms with E-state index in [0.717, 1.165) is 6.42 Å². The van der Waals surface area contributed by atoms with Crippen LogP contribution in [0.1, 0.15) is 32.6 Å². The van der Waals surface area contributed by atoms with E-state index in [2.05, 4.69) is 18.8 Å². The molecule has 0 aliphatic rings. The highest BCUT2D eigenvalue weighted by molar-refractivity contribution is 4.69. The van der Waals surface area contributed by atoms with Crippen LogP contribution >= 0.6 is 0 Å². The van der Waals surface area contributed by atoms with Gasteiger partial charge in [-0.15, -0.1) is 6.58 Å². The molecule has 0 amide bonds. The summed E-state index contributed by atoms with van der Waals surface area (Å²) in [5.41, 5.74) is 0. The summed E-state index contributed by atoms with van der Waals surface area (Å²) in [6.45, 7) is 5.91. The second-order valence-electron chi connectivity index (χ2n) is 2.61. The predicted molar refractivity (Wildman–Crippen MR) is 47.2 cm³/mol. The van der Waals surface area contributed by atoms with Crippen molar-refractivity contribution in [2.75, 3.05) is 7.05 Å². The number of hydrogen-bond donors (Lipinski definition) is 1. The van der Waals surface area contributed by atoms with E-state index in [1.807, 2.05) is 13.1 Å². The van der Waals surface area contributed by atoms with Gasteiger partial charge in [0.25, 0.3) is 0 Å². The molecule has 1 nitrogen and oxygen atoms in total. The Morgan fingerprint density at radius 2 is 2.30 bits per heavy atom. The maximum atomic E-state index is 3.69. The molecule has 0 radical (unpaired) electrons. The minimum atomic E-state index is 0.708.